The highest BCUT2D eigenvalue weighted by Crippen LogP contribution is 2.39. The molecule has 0 aliphatic rings. The summed E-state index contributed by atoms with van der Waals surface area (Å²) < 4.78 is 16.3. The summed E-state index contributed by atoms with van der Waals surface area (Å²) in [5.74, 6) is 2.43. The van der Waals surface area contributed by atoms with Crippen molar-refractivity contribution >= 4 is 11.6 Å². The Labute approximate surface area is 116 Å². The van der Waals surface area contributed by atoms with E-state index in [0.717, 1.165) is 5.69 Å². The molecule has 0 aliphatic carbocycles. The lowest BCUT2D eigenvalue weighted by atomic mass is 10.3. The van der Waals surface area contributed by atoms with Crippen LogP contribution >= 0.6 is 11.6 Å². The first-order valence-corrected chi connectivity index (χ1v) is 6.22. The highest BCUT2D eigenvalue weighted by atomic mass is 35.5. The molecule has 0 fully saturated rings. The largest absolute Gasteiger partial charge is 0.493 e. The van der Waals surface area contributed by atoms with Crippen LogP contribution in [0.25, 0.3) is 0 Å². The molecule has 0 saturated heterocycles. The standard InChI is InChI=1S/C14H14ClNO3/c1-17-11-6-4-7-12(18-2)14(11)19-13-8-3-5-10(9-15)16-13/h3-8H,9H2,1-2H3. The molecule has 0 amide bonds. The van der Waals surface area contributed by atoms with Crippen LogP contribution in [-0.4, -0.2) is 19.2 Å². The second-order valence-corrected chi connectivity index (χ2v) is 3.96. The summed E-state index contributed by atoms with van der Waals surface area (Å²) in [6.07, 6.45) is 0. The minimum Gasteiger partial charge on any atom is -0.493 e. The summed E-state index contributed by atoms with van der Waals surface area (Å²) >= 11 is 5.75. The lowest BCUT2D eigenvalue weighted by Gasteiger charge is -2.13. The highest BCUT2D eigenvalue weighted by Gasteiger charge is 2.13. The van der Waals surface area contributed by atoms with Crippen molar-refractivity contribution in [3.8, 4) is 23.1 Å². The number of hydrogen-bond donors (Lipinski definition) is 0. The Bertz CT molecular complexity index is 538. The average molecular weight is 280 g/mol. The summed E-state index contributed by atoms with van der Waals surface area (Å²) in [5, 5.41) is 0. The number of alkyl halides is 1. The Morgan fingerprint density at radius 1 is 1.00 bits per heavy atom. The van der Waals surface area contributed by atoms with Gasteiger partial charge in [0.05, 0.1) is 25.8 Å². The summed E-state index contributed by atoms with van der Waals surface area (Å²) in [6.45, 7) is 0. The van der Waals surface area contributed by atoms with Crippen LogP contribution in [0.1, 0.15) is 5.69 Å². The first-order valence-electron chi connectivity index (χ1n) is 5.69. The van der Waals surface area contributed by atoms with Crippen LogP contribution in [0.15, 0.2) is 36.4 Å². The third kappa shape index (κ3) is 3.09. The van der Waals surface area contributed by atoms with Crippen molar-refractivity contribution in [2.45, 2.75) is 5.88 Å². The van der Waals surface area contributed by atoms with Gasteiger partial charge in [0, 0.05) is 6.07 Å². The SMILES string of the molecule is COc1cccc(OC)c1Oc1cccc(CCl)n1. The molecule has 2 aromatic rings. The first-order chi connectivity index (χ1) is 9.28. The molecule has 0 radical (unpaired) electrons. The van der Waals surface area contributed by atoms with Gasteiger partial charge in [-0.05, 0) is 18.2 Å². The van der Waals surface area contributed by atoms with E-state index in [1.54, 1.807) is 32.4 Å². The lowest BCUT2D eigenvalue weighted by molar-refractivity contribution is 0.341. The Balaban J connectivity index is 2.36. The van der Waals surface area contributed by atoms with Gasteiger partial charge in [0.25, 0.3) is 0 Å². The van der Waals surface area contributed by atoms with E-state index in [0.29, 0.717) is 29.0 Å². The van der Waals surface area contributed by atoms with Crippen molar-refractivity contribution in [2.24, 2.45) is 0 Å². The smallest absolute Gasteiger partial charge is 0.219 e. The summed E-state index contributed by atoms with van der Waals surface area (Å²) in [7, 11) is 3.15. The molecule has 4 nitrogen and oxygen atoms in total. The van der Waals surface area contributed by atoms with Gasteiger partial charge >= 0.3 is 0 Å². The van der Waals surface area contributed by atoms with E-state index >= 15 is 0 Å². The fourth-order valence-electron chi connectivity index (χ4n) is 1.61. The molecule has 0 N–H and O–H groups in total. The minimum absolute atomic E-state index is 0.334. The molecule has 0 bridgehead atoms. The van der Waals surface area contributed by atoms with Gasteiger partial charge in [-0.25, -0.2) is 4.98 Å². The molecule has 0 spiro atoms. The third-order valence-corrected chi connectivity index (χ3v) is 2.78. The number of hydrogen-bond acceptors (Lipinski definition) is 4. The molecule has 0 unspecified atom stereocenters. The maximum Gasteiger partial charge on any atom is 0.219 e. The van der Waals surface area contributed by atoms with Gasteiger partial charge < -0.3 is 14.2 Å². The number of aromatic nitrogens is 1. The van der Waals surface area contributed by atoms with Crippen LogP contribution in [-0.2, 0) is 5.88 Å². The quantitative estimate of drug-likeness (QED) is 0.784. The first kappa shape index (κ1) is 13.5. The summed E-state index contributed by atoms with van der Waals surface area (Å²) in [5.41, 5.74) is 0.744. The fourth-order valence-corrected chi connectivity index (χ4v) is 1.76. The maximum atomic E-state index is 5.75. The normalized spacial score (nSPS) is 10.1. The molecule has 1 aromatic carbocycles. The summed E-state index contributed by atoms with van der Waals surface area (Å²) in [4.78, 5) is 4.27. The molecule has 19 heavy (non-hydrogen) atoms. The molecule has 0 saturated carbocycles. The lowest BCUT2D eigenvalue weighted by Crippen LogP contribution is -1.96. The van der Waals surface area contributed by atoms with Crippen LogP contribution in [0, 0.1) is 0 Å². The van der Waals surface area contributed by atoms with Crippen LogP contribution in [0.3, 0.4) is 0 Å². The number of nitrogens with zero attached hydrogens (tertiary/aromatic N) is 1. The van der Waals surface area contributed by atoms with Crippen LogP contribution in [0.2, 0.25) is 0 Å². The zero-order chi connectivity index (χ0) is 13.7. The van der Waals surface area contributed by atoms with Crippen molar-refractivity contribution in [1.29, 1.82) is 0 Å². The van der Waals surface area contributed by atoms with Crippen molar-refractivity contribution in [3.63, 3.8) is 0 Å². The topological polar surface area (TPSA) is 40.6 Å². The van der Waals surface area contributed by atoms with Crippen molar-refractivity contribution < 1.29 is 14.2 Å². The average Bonchev–Trinajstić information content (AvgIpc) is 2.47. The summed E-state index contributed by atoms with van der Waals surface area (Å²) in [6, 6.07) is 10.8. The Hall–Kier alpha value is -1.94. The Morgan fingerprint density at radius 3 is 2.21 bits per heavy atom. The van der Waals surface area contributed by atoms with E-state index in [1.807, 2.05) is 18.2 Å². The van der Waals surface area contributed by atoms with E-state index in [-0.39, 0.29) is 0 Å². The van der Waals surface area contributed by atoms with Crippen molar-refractivity contribution in [3.05, 3.63) is 42.1 Å². The van der Waals surface area contributed by atoms with Gasteiger partial charge in [0.1, 0.15) is 0 Å². The van der Waals surface area contributed by atoms with E-state index < -0.39 is 0 Å². The van der Waals surface area contributed by atoms with Gasteiger partial charge in [0.15, 0.2) is 11.5 Å². The number of methoxy groups -OCH3 is 2. The predicted molar refractivity (Wildman–Crippen MR) is 73.4 cm³/mol. The third-order valence-electron chi connectivity index (χ3n) is 2.51. The Morgan fingerprint density at radius 2 is 1.63 bits per heavy atom. The number of para-hydroxylation sites is 1. The Kier molecular flexibility index (Phi) is 4.47. The maximum absolute atomic E-state index is 5.75. The minimum atomic E-state index is 0.334. The highest BCUT2D eigenvalue weighted by molar-refractivity contribution is 6.16. The van der Waals surface area contributed by atoms with Gasteiger partial charge in [-0.15, -0.1) is 11.6 Å². The zero-order valence-electron chi connectivity index (χ0n) is 10.7. The van der Waals surface area contributed by atoms with Crippen molar-refractivity contribution in [1.82, 2.24) is 4.98 Å². The molecule has 0 aliphatic heterocycles. The molecular weight excluding hydrogens is 266 g/mol. The van der Waals surface area contributed by atoms with Crippen molar-refractivity contribution in [2.75, 3.05) is 14.2 Å². The number of ether oxygens (including phenoxy) is 3. The molecule has 100 valence electrons. The fraction of sp³-hybridized carbons (Fsp3) is 0.214. The van der Waals surface area contributed by atoms with Gasteiger partial charge in [-0.1, -0.05) is 12.1 Å². The van der Waals surface area contributed by atoms with Gasteiger partial charge in [-0.3, -0.25) is 0 Å². The zero-order valence-corrected chi connectivity index (χ0v) is 11.5. The number of benzene rings is 1. The van der Waals surface area contributed by atoms with E-state index in [9.17, 15) is 0 Å². The molecule has 1 heterocycles. The second-order valence-electron chi connectivity index (χ2n) is 3.69. The second kappa shape index (κ2) is 6.29. The predicted octanol–water partition coefficient (Wildman–Crippen LogP) is 3.63. The van der Waals surface area contributed by atoms with E-state index in [2.05, 4.69) is 4.98 Å². The molecule has 2 rings (SSSR count). The molecular formula is C14H14ClNO3. The molecule has 5 heteroatoms. The van der Waals surface area contributed by atoms with Gasteiger partial charge in [-0.2, -0.15) is 0 Å². The molecule has 1 aromatic heterocycles. The number of halogens is 1. The van der Waals surface area contributed by atoms with Crippen LogP contribution in [0.5, 0.6) is 23.1 Å². The number of rotatable bonds is 5. The number of pyridine rings is 1. The monoisotopic (exact) mass is 279 g/mol. The van der Waals surface area contributed by atoms with E-state index in [4.69, 9.17) is 25.8 Å². The molecule has 0 atom stereocenters. The van der Waals surface area contributed by atoms with Crippen LogP contribution in [0.4, 0.5) is 0 Å². The van der Waals surface area contributed by atoms with Gasteiger partial charge in [0.2, 0.25) is 11.6 Å². The van der Waals surface area contributed by atoms with Crippen LogP contribution < -0.4 is 14.2 Å². The van der Waals surface area contributed by atoms with E-state index in [1.165, 1.54) is 0 Å².